The molecule has 0 saturated carbocycles. The summed E-state index contributed by atoms with van der Waals surface area (Å²) in [5.74, 6) is 0.833. The number of para-hydroxylation sites is 1. The van der Waals surface area contributed by atoms with Crippen LogP contribution in [0.3, 0.4) is 0 Å². The van der Waals surface area contributed by atoms with Gasteiger partial charge in [-0.05, 0) is 80.1 Å². The zero-order valence-corrected chi connectivity index (χ0v) is 30.0. The fraction of sp³-hybridized carbons (Fsp3) is 0.0612. The quantitative estimate of drug-likeness (QED) is 0.108. The Morgan fingerprint density at radius 3 is 2.37 bits per heavy atom. The van der Waals surface area contributed by atoms with Crippen molar-refractivity contribution in [3.63, 3.8) is 0 Å². The van der Waals surface area contributed by atoms with E-state index in [1.165, 1.54) is 76.6 Å². The lowest BCUT2D eigenvalue weighted by Crippen LogP contribution is -2.01. The molecule has 3 heteroatoms. The van der Waals surface area contributed by atoms with Crippen molar-refractivity contribution in [1.82, 2.24) is 4.57 Å². The van der Waals surface area contributed by atoms with Gasteiger partial charge >= 0.3 is 0 Å². The molecule has 252 valence electrons. The average molecular weight is 689 g/mol. The van der Waals surface area contributed by atoms with E-state index in [-0.39, 0.29) is 0 Å². The molecule has 52 heavy (non-hydrogen) atoms. The van der Waals surface area contributed by atoms with Crippen molar-refractivity contribution in [2.75, 3.05) is 17.6 Å². The highest BCUT2D eigenvalue weighted by molar-refractivity contribution is 7.99. The summed E-state index contributed by atoms with van der Waals surface area (Å²) in [6.07, 6.45) is 12.3. The van der Waals surface area contributed by atoms with E-state index < -0.39 is 0 Å². The third-order valence-corrected chi connectivity index (χ3v) is 11.0. The number of benzene rings is 6. The van der Waals surface area contributed by atoms with Crippen molar-refractivity contribution in [1.29, 1.82) is 0 Å². The number of rotatable bonds is 11. The minimum absolute atomic E-state index is 0.729. The maximum atomic E-state index is 4.41. The molecule has 1 N–H and O–H groups in total. The van der Waals surface area contributed by atoms with Gasteiger partial charge in [-0.3, -0.25) is 0 Å². The number of hydrogen-bond donors (Lipinski definition) is 1. The Bertz CT molecular complexity index is 2590. The lowest BCUT2D eigenvalue weighted by Gasteiger charge is -2.14. The van der Waals surface area contributed by atoms with Gasteiger partial charge in [0.15, 0.2) is 0 Å². The zero-order chi connectivity index (χ0) is 35.4. The van der Waals surface area contributed by atoms with Crippen molar-refractivity contribution >= 4 is 66.7 Å². The largest absolute Gasteiger partial charge is 0.380 e. The molecule has 0 atom stereocenters. The van der Waals surface area contributed by atoms with Gasteiger partial charge in [0.1, 0.15) is 0 Å². The van der Waals surface area contributed by atoms with Crippen molar-refractivity contribution in [3.05, 3.63) is 200 Å². The van der Waals surface area contributed by atoms with Crippen LogP contribution in [0.1, 0.15) is 16.7 Å². The molecule has 1 aliphatic heterocycles. The zero-order valence-electron chi connectivity index (χ0n) is 29.2. The second kappa shape index (κ2) is 14.7. The summed E-state index contributed by atoms with van der Waals surface area (Å²) >= 11 is 1.86. The maximum Gasteiger partial charge on any atom is 0.0506 e. The summed E-state index contributed by atoms with van der Waals surface area (Å²) in [5, 5.41) is 8.62. The summed E-state index contributed by atoms with van der Waals surface area (Å²) < 4.78 is 2.46. The van der Waals surface area contributed by atoms with Crippen LogP contribution in [0.4, 0.5) is 5.69 Å². The van der Waals surface area contributed by atoms with Crippen molar-refractivity contribution in [2.45, 2.75) is 11.4 Å². The smallest absolute Gasteiger partial charge is 0.0506 e. The first-order valence-electron chi connectivity index (χ1n) is 17.7. The molecule has 0 fully saturated rings. The average Bonchev–Trinajstić information content (AvgIpc) is 3.74. The summed E-state index contributed by atoms with van der Waals surface area (Å²) in [5.41, 5.74) is 13.2. The summed E-state index contributed by atoms with van der Waals surface area (Å²) in [4.78, 5) is 1.20. The Labute approximate surface area is 310 Å². The molecule has 7 aromatic rings. The van der Waals surface area contributed by atoms with E-state index in [4.69, 9.17) is 0 Å². The minimum Gasteiger partial charge on any atom is -0.380 e. The number of thioether (sulfide) groups is 1. The minimum atomic E-state index is 0.729. The molecule has 0 amide bonds. The number of anilines is 1. The third kappa shape index (κ3) is 6.36. The van der Waals surface area contributed by atoms with Crippen molar-refractivity contribution in [3.8, 4) is 11.1 Å². The van der Waals surface area contributed by atoms with E-state index in [1.54, 1.807) is 0 Å². The monoisotopic (exact) mass is 688 g/mol. The number of hydrogen-bond acceptors (Lipinski definition) is 2. The second-order valence-corrected chi connectivity index (χ2v) is 14.1. The molecular formula is C49H40N2S. The molecular weight excluding hydrogens is 649 g/mol. The molecule has 0 bridgehead atoms. The molecule has 6 aromatic carbocycles. The Balaban J connectivity index is 1.16. The molecule has 0 aliphatic carbocycles. The molecule has 0 unspecified atom stereocenters. The number of fused-ring (bicyclic) bond motifs is 5. The van der Waals surface area contributed by atoms with Crippen LogP contribution < -0.4 is 5.32 Å². The highest BCUT2D eigenvalue weighted by atomic mass is 32.2. The molecule has 0 saturated heterocycles. The van der Waals surface area contributed by atoms with Crippen LogP contribution in [0.2, 0.25) is 0 Å². The number of nitrogens with zero attached hydrogens (tertiary/aromatic N) is 1. The van der Waals surface area contributed by atoms with Crippen LogP contribution in [0, 0.1) is 0 Å². The number of allylic oxidation sites excluding steroid dienone is 7. The van der Waals surface area contributed by atoms with Gasteiger partial charge in [-0.25, -0.2) is 0 Å². The highest BCUT2D eigenvalue weighted by Gasteiger charge is 2.19. The maximum absolute atomic E-state index is 4.41. The lowest BCUT2D eigenvalue weighted by atomic mass is 9.95. The summed E-state index contributed by atoms with van der Waals surface area (Å²) in [6.45, 7) is 13.9. The second-order valence-electron chi connectivity index (χ2n) is 13.1. The van der Waals surface area contributed by atoms with Gasteiger partial charge in [0.05, 0.1) is 5.52 Å². The predicted molar refractivity (Wildman–Crippen MR) is 229 cm³/mol. The highest BCUT2D eigenvalue weighted by Crippen LogP contribution is 2.40. The first-order valence-corrected chi connectivity index (χ1v) is 18.7. The van der Waals surface area contributed by atoms with E-state index in [0.29, 0.717) is 0 Å². The van der Waals surface area contributed by atoms with Crippen LogP contribution in [-0.4, -0.2) is 16.9 Å². The number of nitrogens with one attached hydrogen (secondary N) is 1. The van der Waals surface area contributed by atoms with Gasteiger partial charge in [-0.15, -0.1) is 11.8 Å². The van der Waals surface area contributed by atoms with E-state index in [2.05, 4.69) is 175 Å². The standard InChI is InChI=1S/C49H40N2S/c1-4-6-8-19-39(35-16-9-7-10-17-35)33-51-47-24-14-13-22-42(47)45-30-43(34(3)5-2)49(31-48(45)51)52-28-27-38-32-50-46-26-25-37(29-44(38)46)41-23-15-20-36-18-11-12-21-40(36)41/h4-27,29-31,50H,1-3,28,32-33H2/b8-6-,38-27+,39-19+. The van der Waals surface area contributed by atoms with Gasteiger partial charge in [-0.1, -0.05) is 153 Å². The SMILES string of the molecule is C=C/C=C\C=C(/Cn1c2ccccc2c2cc(C(=C)C=C)c(SC/C=C3\CNc4ccc(-c5cccc6ccccc56)cc43)cc21)c1ccccc1. The predicted octanol–water partition coefficient (Wildman–Crippen LogP) is 13.2. The van der Waals surface area contributed by atoms with Crippen LogP contribution in [0.25, 0.3) is 60.4 Å². The number of aromatic nitrogens is 1. The Hall–Kier alpha value is -6.03. The van der Waals surface area contributed by atoms with Crippen LogP contribution in [0.15, 0.2) is 188 Å². The van der Waals surface area contributed by atoms with Gasteiger partial charge < -0.3 is 9.88 Å². The van der Waals surface area contributed by atoms with E-state index in [1.807, 2.05) is 30.0 Å². The van der Waals surface area contributed by atoms with Gasteiger partial charge in [0, 0.05) is 51.3 Å². The Morgan fingerprint density at radius 2 is 1.52 bits per heavy atom. The normalized spacial score (nSPS) is 13.6. The van der Waals surface area contributed by atoms with Crippen LogP contribution in [-0.2, 0) is 6.54 Å². The first kappa shape index (κ1) is 33.1. The Kier molecular flexibility index (Phi) is 9.35. The fourth-order valence-electron chi connectivity index (χ4n) is 7.35. The molecule has 2 nitrogen and oxygen atoms in total. The van der Waals surface area contributed by atoms with E-state index in [0.717, 1.165) is 30.0 Å². The van der Waals surface area contributed by atoms with Gasteiger partial charge in [-0.2, -0.15) is 0 Å². The third-order valence-electron chi connectivity index (χ3n) is 9.99. The molecule has 1 aromatic heterocycles. The first-order chi connectivity index (χ1) is 25.6. The van der Waals surface area contributed by atoms with Crippen LogP contribution >= 0.6 is 11.8 Å². The van der Waals surface area contributed by atoms with E-state index >= 15 is 0 Å². The van der Waals surface area contributed by atoms with E-state index in [9.17, 15) is 0 Å². The molecule has 2 heterocycles. The topological polar surface area (TPSA) is 17.0 Å². The van der Waals surface area contributed by atoms with Crippen molar-refractivity contribution in [2.24, 2.45) is 0 Å². The molecule has 0 radical (unpaired) electrons. The molecule has 0 spiro atoms. The van der Waals surface area contributed by atoms with Crippen molar-refractivity contribution < 1.29 is 0 Å². The molecule has 1 aliphatic rings. The van der Waals surface area contributed by atoms with Crippen LogP contribution in [0.5, 0.6) is 0 Å². The fourth-order valence-corrected chi connectivity index (χ4v) is 8.35. The van der Waals surface area contributed by atoms with Gasteiger partial charge in [0.2, 0.25) is 0 Å². The lowest BCUT2D eigenvalue weighted by molar-refractivity contribution is 0.913. The summed E-state index contributed by atoms with van der Waals surface area (Å²) in [6, 6.07) is 46.0. The summed E-state index contributed by atoms with van der Waals surface area (Å²) in [7, 11) is 0. The molecule has 8 rings (SSSR count). The Morgan fingerprint density at radius 1 is 0.731 bits per heavy atom. The van der Waals surface area contributed by atoms with Gasteiger partial charge in [0.25, 0.3) is 0 Å².